The van der Waals surface area contributed by atoms with Gasteiger partial charge in [0, 0.05) is 11.5 Å². The highest BCUT2D eigenvalue weighted by Crippen LogP contribution is 2.26. The molecular weight excluding hydrogens is 518 g/mol. The summed E-state index contributed by atoms with van der Waals surface area (Å²) in [5.74, 6) is 0.774. The Balaban J connectivity index is 1.56. The summed E-state index contributed by atoms with van der Waals surface area (Å²) in [6.07, 6.45) is -0.323. The van der Waals surface area contributed by atoms with Crippen LogP contribution in [0.5, 0.6) is 5.75 Å². The van der Waals surface area contributed by atoms with Gasteiger partial charge in [0.1, 0.15) is 10.6 Å². The summed E-state index contributed by atoms with van der Waals surface area (Å²) in [5, 5.41) is 12.0. The Labute approximate surface area is 202 Å². The Morgan fingerprint density at radius 2 is 2.00 bits per heavy atom. The quantitative estimate of drug-likeness (QED) is 0.315. The first-order chi connectivity index (χ1) is 15.3. The van der Waals surface area contributed by atoms with Crippen LogP contribution in [0.15, 0.2) is 33.9 Å². The van der Waals surface area contributed by atoms with Crippen molar-refractivity contribution < 1.29 is 19.1 Å². The van der Waals surface area contributed by atoms with Crippen molar-refractivity contribution in [2.75, 3.05) is 17.7 Å². The van der Waals surface area contributed by atoms with Crippen molar-refractivity contribution >= 4 is 56.0 Å². The van der Waals surface area contributed by atoms with Gasteiger partial charge in [0.05, 0.1) is 18.1 Å². The van der Waals surface area contributed by atoms with E-state index in [-0.39, 0.29) is 24.4 Å². The number of aromatic nitrogens is 4. The van der Waals surface area contributed by atoms with E-state index >= 15 is 0 Å². The highest BCUT2D eigenvalue weighted by atomic mass is 79.9. The average Bonchev–Trinajstić information content (AvgIpc) is 3.30. The fraction of sp³-hybridized carbons (Fsp3) is 0.350. The maximum absolute atomic E-state index is 12.4. The van der Waals surface area contributed by atoms with E-state index < -0.39 is 5.97 Å². The van der Waals surface area contributed by atoms with E-state index in [0.717, 1.165) is 21.6 Å². The van der Waals surface area contributed by atoms with Crippen molar-refractivity contribution in [2.45, 2.75) is 32.0 Å². The number of aryl methyl sites for hydroxylation is 1. The minimum absolute atomic E-state index is 0.112. The third-order valence-corrected chi connectivity index (χ3v) is 6.80. The number of nitrogens with zero attached hydrogens (tertiary/aromatic N) is 4. The van der Waals surface area contributed by atoms with Crippen LogP contribution in [-0.2, 0) is 16.6 Å². The minimum Gasteiger partial charge on any atom is -0.483 e. The Kier molecular flexibility index (Phi) is 8.26. The van der Waals surface area contributed by atoms with E-state index in [4.69, 9.17) is 9.47 Å². The van der Waals surface area contributed by atoms with E-state index in [9.17, 15) is 9.59 Å². The molecule has 0 saturated carbocycles. The number of anilines is 1. The van der Waals surface area contributed by atoms with Gasteiger partial charge in [-0.3, -0.25) is 4.79 Å². The van der Waals surface area contributed by atoms with Gasteiger partial charge in [-0.2, -0.15) is 0 Å². The fourth-order valence-corrected chi connectivity index (χ4v) is 4.56. The van der Waals surface area contributed by atoms with Crippen molar-refractivity contribution in [3.05, 3.63) is 45.1 Å². The second-order valence-electron chi connectivity index (χ2n) is 6.60. The van der Waals surface area contributed by atoms with Crippen LogP contribution in [-0.4, -0.2) is 44.0 Å². The number of carbonyl (C=O) groups excluding carboxylic acids is 2. The molecular formula is C20H22BrN5O4S2. The summed E-state index contributed by atoms with van der Waals surface area (Å²) >= 11 is 5.74. The number of hydrogen-bond acceptors (Lipinski definition) is 9. The fourth-order valence-electron chi connectivity index (χ4n) is 2.70. The number of hydrogen-bond donors (Lipinski definition) is 1. The summed E-state index contributed by atoms with van der Waals surface area (Å²) in [4.78, 5) is 28.9. The normalized spacial score (nSPS) is 11.8. The second kappa shape index (κ2) is 10.9. The van der Waals surface area contributed by atoms with Crippen LogP contribution >= 0.6 is 39.0 Å². The third kappa shape index (κ3) is 6.08. The van der Waals surface area contributed by atoms with E-state index in [1.165, 1.54) is 11.8 Å². The molecule has 1 N–H and O–H groups in total. The van der Waals surface area contributed by atoms with Crippen molar-refractivity contribution in [3.8, 4) is 5.75 Å². The van der Waals surface area contributed by atoms with Gasteiger partial charge in [0.2, 0.25) is 5.91 Å². The number of amides is 1. The molecule has 0 saturated heterocycles. The molecule has 9 nitrogen and oxygen atoms in total. The van der Waals surface area contributed by atoms with Crippen molar-refractivity contribution in [1.29, 1.82) is 0 Å². The molecule has 0 aliphatic carbocycles. The zero-order valence-electron chi connectivity index (χ0n) is 17.9. The zero-order valence-corrected chi connectivity index (χ0v) is 21.1. The average molecular weight is 540 g/mol. The Morgan fingerprint density at radius 1 is 1.28 bits per heavy atom. The summed E-state index contributed by atoms with van der Waals surface area (Å²) in [5.41, 5.74) is 0.522. The van der Waals surface area contributed by atoms with Crippen molar-refractivity contribution in [1.82, 2.24) is 19.7 Å². The van der Waals surface area contributed by atoms with Gasteiger partial charge in [-0.05, 0) is 45.0 Å². The molecule has 32 heavy (non-hydrogen) atoms. The Morgan fingerprint density at radius 3 is 2.69 bits per heavy atom. The lowest BCUT2D eigenvalue weighted by Gasteiger charge is -2.14. The highest BCUT2D eigenvalue weighted by Gasteiger charge is 2.20. The number of rotatable bonds is 9. The van der Waals surface area contributed by atoms with Gasteiger partial charge in [-0.25, -0.2) is 9.78 Å². The molecule has 0 aliphatic heterocycles. The molecule has 3 rings (SSSR count). The lowest BCUT2D eigenvalue weighted by Crippen LogP contribution is -2.14. The molecule has 170 valence electrons. The molecule has 0 fully saturated rings. The smallest absolute Gasteiger partial charge is 0.350 e. The van der Waals surface area contributed by atoms with E-state index in [2.05, 4.69) is 36.4 Å². The van der Waals surface area contributed by atoms with Gasteiger partial charge >= 0.3 is 5.97 Å². The molecule has 0 radical (unpaired) electrons. The molecule has 0 spiro atoms. The lowest BCUT2D eigenvalue weighted by atomic mass is 10.3. The summed E-state index contributed by atoms with van der Waals surface area (Å²) in [6, 6.07) is 7.53. The molecule has 12 heteroatoms. The predicted molar refractivity (Wildman–Crippen MR) is 126 cm³/mol. The molecule has 1 atom stereocenters. The molecule has 2 heterocycles. The van der Waals surface area contributed by atoms with E-state index in [0.29, 0.717) is 26.7 Å². The molecule has 1 unspecified atom stereocenters. The molecule has 2 aromatic heterocycles. The maximum atomic E-state index is 12.4. The number of thioether (sulfide) groups is 1. The van der Waals surface area contributed by atoms with E-state index in [1.807, 2.05) is 38.2 Å². The van der Waals surface area contributed by atoms with Crippen LogP contribution in [0.2, 0.25) is 0 Å². The Bertz CT molecular complexity index is 1100. The predicted octanol–water partition coefficient (Wildman–Crippen LogP) is 4.39. The molecule has 0 aliphatic rings. The molecule has 3 aromatic rings. The van der Waals surface area contributed by atoms with Crippen LogP contribution < -0.4 is 10.1 Å². The van der Waals surface area contributed by atoms with Crippen molar-refractivity contribution in [3.63, 3.8) is 0 Å². The number of esters is 1. The monoisotopic (exact) mass is 539 g/mol. The summed E-state index contributed by atoms with van der Waals surface area (Å²) in [6.45, 7) is 5.60. The lowest BCUT2D eigenvalue weighted by molar-refractivity contribution is -0.113. The van der Waals surface area contributed by atoms with Crippen molar-refractivity contribution in [2.24, 2.45) is 7.05 Å². The van der Waals surface area contributed by atoms with Gasteiger partial charge < -0.3 is 19.4 Å². The van der Waals surface area contributed by atoms with Crippen LogP contribution in [0.1, 0.15) is 41.1 Å². The van der Waals surface area contributed by atoms with Gasteiger partial charge in [-0.15, -0.1) is 10.2 Å². The van der Waals surface area contributed by atoms with Crippen LogP contribution in [0.25, 0.3) is 0 Å². The molecule has 0 bridgehead atoms. The van der Waals surface area contributed by atoms with E-state index in [1.54, 1.807) is 18.4 Å². The third-order valence-electron chi connectivity index (χ3n) is 4.19. The number of thiazole rings is 1. The highest BCUT2D eigenvalue weighted by molar-refractivity contribution is 9.10. The van der Waals surface area contributed by atoms with Gasteiger partial charge in [0.15, 0.2) is 22.2 Å². The number of ether oxygens (including phenoxy) is 2. The topological polar surface area (TPSA) is 108 Å². The number of benzene rings is 1. The maximum Gasteiger partial charge on any atom is 0.350 e. The summed E-state index contributed by atoms with van der Waals surface area (Å²) < 4.78 is 13.7. The number of carbonyl (C=O) groups is 2. The largest absolute Gasteiger partial charge is 0.483 e. The molecule has 1 amide bonds. The standard InChI is InChI=1S/C20H22BrN5O4S2/c1-5-29-18(28)16-11(2)22-19(32-16)23-15(27)10-31-20-25-24-17(26(20)4)12(3)30-14-8-6-13(21)7-9-14/h6-9,12H,5,10H2,1-4H3,(H,22,23,27). The zero-order chi connectivity index (χ0) is 23.3. The van der Waals surface area contributed by atoms with Gasteiger partial charge in [0.25, 0.3) is 0 Å². The van der Waals surface area contributed by atoms with Gasteiger partial charge in [-0.1, -0.05) is 39.0 Å². The second-order valence-corrected chi connectivity index (χ2v) is 9.46. The van der Waals surface area contributed by atoms with Crippen LogP contribution in [0.4, 0.5) is 5.13 Å². The Hall–Kier alpha value is -2.44. The first-order valence-corrected chi connectivity index (χ1v) is 12.3. The SMILES string of the molecule is CCOC(=O)c1sc(NC(=O)CSc2nnc(C(C)Oc3ccc(Br)cc3)n2C)nc1C. The first-order valence-electron chi connectivity index (χ1n) is 9.67. The van der Waals surface area contributed by atoms with Crippen LogP contribution in [0, 0.1) is 6.92 Å². The minimum atomic E-state index is -0.441. The number of halogens is 1. The summed E-state index contributed by atoms with van der Waals surface area (Å²) in [7, 11) is 1.83. The molecule has 1 aromatic carbocycles. The first kappa shape index (κ1) is 24.2. The number of nitrogens with one attached hydrogen (secondary N) is 1. The van der Waals surface area contributed by atoms with Crippen LogP contribution in [0.3, 0.4) is 0 Å².